The van der Waals surface area contributed by atoms with Gasteiger partial charge in [-0.25, -0.2) is 9.80 Å². The molecule has 8 heteroatoms. The van der Waals surface area contributed by atoms with E-state index in [2.05, 4.69) is 0 Å². The Morgan fingerprint density at radius 1 is 0.568 bits per heavy atom. The lowest BCUT2D eigenvalue weighted by Crippen LogP contribution is -2.29. The minimum Gasteiger partial charge on any atom is -0.457 e. The van der Waals surface area contributed by atoms with Crippen LogP contribution in [0.25, 0.3) is 0 Å². The van der Waals surface area contributed by atoms with Crippen LogP contribution in [-0.2, 0) is 19.2 Å². The van der Waals surface area contributed by atoms with Gasteiger partial charge in [-0.2, -0.15) is 0 Å². The zero-order valence-electron chi connectivity index (χ0n) is 20.3. The molecule has 0 fully saturated rings. The smallest absolute Gasteiger partial charge is 0.258 e. The van der Waals surface area contributed by atoms with Gasteiger partial charge >= 0.3 is 0 Å². The molecule has 37 heavy (non-hydrogen) atoms. The average molecular weight is 495 g/mol. The van der Waals surface area contributed by atoms with E-state index >= 15 is 0 Å². The van der Waals surface area contributed by atoms with Crippen molar-refractivity contribution in [3.63, 3.8) is 0 Å². The van der Waals surface area contributed by atoms with Crippen molar-refractivity contribution in [2.75, 3.05) is 9.80 Å². The molecule has 0 aromatic heterocycles. The molecule has 0 N–H and O–H groups in total. The molecular formula is C29H22N2O6. The van der Waals surface area contributed by atoms with Crippen LogP contribution in [0.15, 0.2) is 78.9 Å². The highest BCUT2D eigenvalue weighted by atomic mass is 16.5. The molecule has 8 nitrogen and oxygen atoms in total. The Balaban J connectivity index is 1.40. The number of nitrogens with zero attached hydrogens (tertiary/aromatic N) is 2. The fourth-order valence-corrected chi connectivity index (χ4v) is 4.21. The molecule has 2 heterocycles. The number of carbonyl (C=O) groups excluding carboxylic acids is 4. The van der Waals surface area contributed by atoms with Gasteiger partial charge in [0, 0.05) is 36.4 Å². The van der Waals surface area contributed by atoms with Crippen LogP contribution in [0, 0.1) is 20.8 Å². The van der Waals surface area contributed by atoms with Crippen molar-refractivity contribution >= 4 is 35.0 Å². The molecule has 0 radical (unpaired) electrons. The summed E-state index contributed by atoms with van der Waals surface area (Å²) in [6, 6.07) is 15.4. The number of hydrogen-bond acceptors (Lipinski definition) is 6. The van der Waals surface area contributed by atoms with Gasteiger partial charge < -0.3 is 9.47 Å². The predicted molar refractivity (Wildman–Crippen MR) is 137 cm³/mol. The summed E-state index contributed by atoms with van der Waals surface area (Å²) in [4.78, 5) is 50.3. The lowest BCUT2D eigenvalue weighted by Gasteiger charge is -2.19. The van der Waals surface area contributed by atoms with Gasteiger partial charge in [0.25, 0.3) is 23.6 Å². The number of benzene rings is 3. The lowest BCUT2D eigenvalue weighted by molar-refractivity contribution is -0.121. The van der Waals surface area contributed by atoms with E-state index < -0.39 is 23.6 Å². The van der Waals surface area contributed by atoms with E-state index in [1.54, 1.807) is 48.5 Å². The molecule has 3 aromatic carbocycles. The summed E-state index contributed by atoms with van der Waals surface area (Å²) in [7, 11) is 0. The zero-order chi connectivity index (χ0) is 26.3. The number of anilines is 2. The Bertz CT molecular complexity index is 1520. The molecule has 5 rings (SSSR count). The topological polar surface area (TPSA) is 93.2 Å². The fourth-order valence-electron chi connectivity index (χ4n) is 4.21. The van der Waals surface area contributed by atoms with Gasteiger partial charge in [-0.3, -0.25) is 19.2 Å². The highest BCUT2D eigenvalue weighted by Gasteiger charge is 2.26. The fraction of sp³-hybridized carbons (Fsp3) is 0.103. The quantitative estimate of drug-likeness (QED) is 0.445. The lowest BCUT2D eigenvalue weighted by atomic mass is 10.0. The largest absolute Gasteiger partial charge is 0.457 e. The first-order chi connectivity index (χ1) is 17.7. The molecule has 4 amide bonds. The van der Waals surface area contributed by atoms with E-state index in [-0.39, 0.29) is 0 Å². The first-order valence-electron chi connectivity index (χ1n) is 11.5. The zero-order valence-corrected chi connectivity index (χ0v) is 20.3. The molecule has 0 atom stereocenters. The van der Waals surface area contributed by atoms with E-state index in [1.807, 2.05) is 26.8 Å². The van der Waals surface area contributed by atoms with Crippen molar-refractivity contribution < 1.29 is 28.7 Å². The van der Waals surface area contributed by atoms with Crippen molar-refractivity contribution in [1.82, 2.24) is 0 Å². The second-order valence-electron chi connectivity index (χ2n) is 8.66. The summed E-state index contributed by atoms with van der Waals surface area (Å²) < 4.78 is 12.3. The number of ether oxygens (including phenoxy) is 2. The Hall–Kier alpha value is -4.98. The molecule has 2 aliphatic rings. The number of amides is 4. The molecule has 3 aromatic rings. The van der Waals surface area contributed by atoms with Crippen LogP contribution in [0.4, 0.5) is 11.4 Å². The van der Waals surface area contributed by atoms with Crippen molar-refractivity contribution in [3.05, 3.63) is 95.6 Å². The first-order valence-corrected chi connectivity index (χ1v) is 11.5. The van der Waals surface area contributed by atoms with Gasteiger partial charge in [0.2, 0.25) is 0 Å². The SMILES string of the molecule is Cc1cc(Oc2cccc(N3C(=O)C=CC3=O)c2)c(C)c(C)c1Oc1cccc(N2C(=O)C=CC2=O)c1. The van der Waals surface area contributed by atoms with Crippen molar-refractivity contribution in [3.8, 4) is 23.0 Å². The third kappa shape index (κ3) is 4.40. The van der Waals surface area contributed by atoms with Crippen LogP contribution in [0.5, 0.6) is 23.0 Å². The normalized spacial score (nSPS) is 14.8. The minimum atomic E-state index is -0.398. The molecule has 0 bridgehead atoms. The van der Waals surface area contributed by atoms with Crippen molar-refractivity contribution in [2.24, 2.45) is 0 Å². The molecule has 0 saturated carbocycles. The molecule has 0 aliphatic carbocycles. The number of imide groups is 2. The number of rotatable bonds is 6. The van der Waals surface area contributed by atoms with Gasteiger partial charge in [0.15, 0.2) is 0 Å². The third-order valence-electron chi connectivity index (χ3n) is 6.20. The van der Waals surface area contributed by atoms with E-state index in [4.69, 9.17) is 9.47 Å². The van der Waals surface area contributed by atoms with E-state index in [0.717, 1.165) is 26.5 Å². The molecule has 184 valence electrons. The number of hydrogen-bond donors (Lipinski definition) is 0. The summed E-state index contributed by atoms with van der Waals surface area (Å²) in [5.41, 5.74) is 3.35. The van der Waals surface area contributed by atoms with Crippen molar-refractivity contribution in [2.45, 2.75) is 20.8 Å². The Morgan fingerprint density at radius 3 is 1.51 bits per heavy atom. The first kappa shape index (κ1) is 23.7. The Morgan fingerprint density at radius 2 is 1.03 bits per heavy atom. The summed E-state index contributed by atoms with van der Waals surface area (Å²) in [6.45, 7) is 5.71. The maximum Gasteiger partial charge on any atom is 0.258 e. The van der Waals surface area contributed by atoms with Gasteiger partial charge in [-0.1, -0.05) is 12.1 Å². The van der Waals surface area contributed by atoms with Crippen LogP contribution in [0.1, 0.15) is 16.7 Å². The molecule has 0 saturated heterocycles. The monoisotopic (exact) mass is 494 g/mol. The molecule has 0 unspecified atom stereocenters. The van der Waals surface area contributed by atoms with Crippen LogP contribution >= 0.6 is 0 Å². The van der Waals surface area contributed by atoms with Crippen LogP contribution < -0.4 is 19.3 Å². The Labute approximate surface area is 213 Å². The number of aryl methyl sites for hydroxylation is 1. The van der Waals surface area contributed by atoms with Crippen LogP contribution in [0.3, 0.4) is 0 Å². The van der Waals surface area contributed by atoms with E-state index in [9.17, 15) is 19.2 Å². The molecule has 0 spiro atoms. The van der Waals surface area contributed by atoms with Crippen LogP contribution in [0.2, 0.25) is 0 Å². The molecular weight excluding hydrogens is 472 g/mol. The standard InChI is InChI=1S/C29H22N2O6/c1-17-14-24(36-22-8-4-6-20(15-22)30-25(32)10-11-26(30)33)18(2)19(3)29(17)37-23-9-5-7-21(16-23)31-27(34)12-13-28(31)35/h4-16H,1-3H3. The van der Waals surface area contributed by atoms with Gasteiger partial charge in [-0.05, 0) is 67.8 Å². The Kier molecular flexibility index (Phi) is 5.93. The van der Waals surface area contributed by atoms with E-state index in [0.29, 0.717) is 34.4 Å². The maximum atomic E-state index is 12.0. The number of carbonyl (C=O) groups is 4. The highest BCUT2D eigenvalue weighted by molar-refractivity contribution is 6.28. The van der Waals surface area contributed by atoms with Crippen molar-refractivity contribution in [1.29, 1.82) is 0 Å². The summed E-state index contributed by atoms with van der Waals surface area (Å²) >= 11 is 0. The molecule has 2 aliphatic heterocycles. The second-order valence-corrected chi connectivity index (χ2v) is 8.66. The maximum absolute atomic E-state index is 12.0. The minimum absolute atomic E-state index is 0.398. The summed E-state index contributed by atoms with van der Waals surface area (Å²) in [5, 5.41) is 0. The van der Waals surface area contributed by atoms with Gasteiger partial charge in [0.1, 0.15) is 23.0 Å². The second kappa shape index (κ2) is 9.23. The predicted octanol–water partition coefficient (Wildman–Crippen LogP) is 5.06. The third-order valence-corrected chi connectivity index (χ3v) is 6.20. The average Bonchev–Trinajstić information content (AvgIpc) is 3.40. The van der Waals surface area contributed by atoms with E-state index in [1.165, 1.54) is 24.3 Å². The highest BCUT2D eigenvalue weighted by Crippen LogP contribution is 2.39. The summed E-state index contributed by atoms with van der Waals surface area (Å²) in [5.74, 6) is 0.594. The van der Waals surface area contributed by atoms with Gasteiger partial charge in [0.05, 0.1) is 11.4 Å². The summed E-state index contributed by atoms with van der Waals surface area (Å²) in [6.07, 6.45) is 4.94. The van der Waals surface area contributed by atoms with Gasteiger partial charge in [-0.15, -0.1) is 0 Å². The van der Waals surface area contributed by atoms with Crippen LogP contribution in [-0.4, -0.2) is 23.6 Å².